The van der Waals surface area contributed by atoms with Crippen LogP contribution in [0.25, 0.3) is 0 Å². The van der Waals surface area contributed by atoms with Crippen LogP contribution in [0.5, 0.6) is 0 Å². The molecule has 0 radical (unpaired) electrons. The van der Waals surface area contributed by atoms with Crippen molar-refractivity contribution >= 4 is 23.2 Å². The lowest BCUT2D eigenvalue weighted by Gasteiger charge is -2.45. The van der Waals surface area contributed by atoms with E-state index in [1.54, 1.807) is 29.6 Å². The molecular weight excluding hydrogens is 405 g/mol. The summed E-state index contributed by atoms with van der Waals surface area (Å²) in [5.74, 6) is -2.91. The van der Waals surface area contributed by atoms with Crippen LogP contribution in [0.15, 0.2) is 41.8 Å². The first-order valence-corrected chi connectivity index (χ1v) is 9.78. The highest BCUT2D eigenvalue weighted by Gasteiger charge is 2.66. The van der Waals surface area contributed by atoms with E-state index in [4.69, 9.17) is 0 Å². The highest BCUT2D eigenvalue weighted by atomic mass is 32.1. The molecule has 2 aromatic rings. The number of carbonyl (C=O) groups excluding carboxylic acids is 2. The number of Topliss-reactive ketones (excluding diaryl/α,β-unsaturated/α-hetero) is 1. The van der Waals surface area contributed by atoms with Crippen LogP contribution in [0.3, 0.4) is 0 Å². The maximum Gasteiger partial charge on any atom is 0.437 e. The molecule has 156 valence electrons. The fourth-order valence-electron chi connectivity index (χ4n) is 3.38. The summed E-state index contributed by atoms with van der Waals surface area (Å²) in [6.45, 7) is 5.96. The number of amides is 2. The van der Waals surface area contributed by atoms with E-state index >= 15 is 0 Å². The number of benzene rings is 1. The molecule has 1 fully saturated rings. The summed E-state index contributed by atoms with van der Waals surface area (Å²) in [4.78, 5) is 25.1. The second-order valence-electron chi connectivity index (χ2n) is 8.03. The minimum Gasteiger partial charge on any atom is -0.363 e. The van der Waals surface area contributed by atoms with Crippen LogP contribution >= 0.6 is 11.3 Å². The van der Waals surface area contributed by atoms with Gasteiger partial charge in [-0.3, -0.25) is 4.79 Å². The van der Waals surface area contributed by atoms with Gasteiger partial charge in [0.25, 0.3) is 0 Å². The van der Waals surface area contributed by atoms with Crippen LogP contribution in [0, 0.1) is 5.92 Å². The lowest BCUT2D eigenvalue weighted by atomic mass is 9.78. The van der Waals surface area contributed by atoms with Gasteiger partial charge in [-0.25, -0.2) is 4.79 Å². The van der Waals surface area contributed by atoms with Gasteiger partial charge in [0.1, 0.15) is 5.92 Å². The average molecular weight is 426 g/mol. The van der Waals surface area contributed by atoms with E-state index in [1.165, 1.54) is 17.4 Å². The van der Waals surface area contributed by atoms with Gasteiger partial charge in [-0.05, 0) is 28.0 Å². The number of urea groups is 1. The van der Waals surface area contributed by atoms with E-state index in [1.807, 2.05) is 20.8 Å². The predicted octanol–water partition coefficient (Wildman–Crippen LogP) is 4.15. The Hall–Kier alpha value is -2.39. The van der Waals surface area contributed by atoms with Crippen LogP contribution in [0.4, 0.5) is 18.0 Å². The number of hydrogen-bond acceptors (Lipinski definition) is 4. The zero-order chi connectivity index (χ0) is 21.6. The van der Waals surface area contributed by atoms with Crippen molar-refractivity contribution in [3.63, 3.8) is 0 Å². The quantitative estimate of drug-likeness (QED) is 0.646. The molecule has 1 aromatic carbocycles. The molecule has 1 saturated heterocycles. The highest BCUT2D eigenvalue weighted by molar-refractivity contribution is 7.12. The Morgan fingerprint density at radius 3 is 2.24 bits per heavy atom. The van der Waals surface area contributed by atoms with Crippen molar-refractivity contribution in [3.05, 3.63) is 57.8 Å². The summed E-state index contributed by atoms with van der Waals surface area (Å²) in [5, 5.41) is 16.0. The molecule has 3 rings (SSSR count). The third-order valence-corrected chi connectivity index (χ3v) is 5.87. The van der Waals surface area contributed by atoms with Gasteiger partial charge in [0, 0.05) is 0 Å². The van der Waals surface area contributed by atoms with Crippen LogP contribution in [-0.2, 0) is 5.41 Å². The Kier molecular flexibility index (Phi) is 5.25. The minimum atomic E-state index is -5.26. The highest BCUT2D eigenvalue weighted by Crippen LogP contribution is 2.44. The number of nitrogens with one attached hydrogen (secondary N) is 2. The molecule has 5 nitrogen and oxygen atoms in total. The first kappa shape index (κ1) is 21.3. The van der Waals surface area contributed by atoms with Crippen LogP contribution < -0.4 is 10.6 Å². The number of aliphatic hydroxyl groups is 1. The van der Waals surface area contributed by atoms with E-state index in [9.17, 15) is 27.9 Å². The summed E-state index contributed by atoms with van der Waals surface area (Å²) in [6.07, 6.45) is -5.26. The van der Waals surface area contributed by atoms with Gasteiger partial charge in [0.05, 0.1) is 10.9 Å². The average Bonchev–Trinajstić information content (AvgIpc) is 3.13. The zero-order valence-electron chi connectivity index (χ0n) is 16.0. The monoisotopic (exact) mass is 426 g/mol. The molecule has 3 atom stereocenters. The molecule has 0 spiro atoms. The Morgan fingerprint density at radius 1 is 1.14 bits per heavy atom. The van der Waals surface area contributed by atoms with Crippen molar-refractivity contribution in [1.29, 1.82) is 0 Å². The molecule has 0 bridgehead atoms. The minimum absolute atomic E-state index is 0.0620. The smallest absolute Gasteiger partial charge is 0.363 e. The van der Waals surface area contributed by atoms with Crippen molar-refractivity contribution in [1.82, 2.24) is 10.6 Å². The molecule has 1 aliphatic rings. The standard InChI is InChI=1S/C20H21F3N2O3S/c1-18(2,3)12-8-6-11(7-9-12)15-14(16(26)13-5-4-10-29-13)19(28,20(21,22)23)25-17(27)24-15/h4-10,14-15,28H,1-3H3,(H2,24,25,27)/t14-,15+,19+/m1/s1. The SMILES string of the molecule is CC(C)(C)c1ccc([C@@H]2NC(=O)N[C@@](O)(C(F)(F)F)[C@H]2C(=O)c2cccs2)cc1. The predicted molar refractivity (Wildman–Crippen MR) is 103 cm³/mol. The fourth-order valence-corrected chi connectivity index (χ4v) is 4.08. The van der Waals surface area contributed by atoms with E-state index in [0.29, 0.717) is 5.56 Å². The number of rotatable bonds is 3. The number of alkyl halides is 3. The number of thiophene rings is 1. The lowest BCUT2D eigenvalue weighted by molar-refractivity contribution is -0.287. The summed E-state index contributed by atoms with van der Waals surface area (Å²) in [7, 11) is 0. The molecule has 1 aliphatic heterocycles. The second kappa shape index (κ2) is 7.14. The Balaban J connectivity index is 2.11. The maximum atomic E-state index is 13.8. The Labute approximate surface area is 169 Å². The van der Waals surface area contributed by atoms with E-state index in [-0.39, 0.29) is 10.3 Å². The molecule has 29 heavy (non-hydrogen) atoms. The van der Waals surface area contributed by atoms with Crippen molar-refractivity contribution in [2.75, 3.05) is 0 Å². The van der Waals surface area contributed by atoms with Gasteiger partial charge in [-0.15, -0.1) is 11.3 Å². The van der Waals surface area contributed by atoms with Crippen molar-refractivity contribution in [2.45, 2.75) is 44.1 Å². The normalized spacial score (nSPS) is 25.3. The van der Waals surface area contributed by atoms with Gasteiger partial charge in [-0.2, -0.15) is 13.2 Å². The summed E-state index contributed by atoms with van der Waals surface area (Å²) < 4.78 is 41.5. The summed E-state index contributed by atoms with van der Waals surface area (Å²) in [6, 6.07) is 6.98. The van der Waals surface area contributed by atoms with Gasteiger partial charge in [-0.1, -0.05) is 51.1 Å². The molecule has 0 unspecified atom stereocenters. The third kappa shape index (κ3) is 3.89. The Bertz CT molecular complexity index is 905. The van der Waals surface area contributed by atoms with Gasteiger partial charge >= 0.3 is 12.2 Å². The van der Waals surface area contributed by atoms with E-state index in [0.717, 1.165) is 16.9 Å². The van der Waals surface area contributed by atoms with Crippen molar-refractivity contribution in [3.8, 4) is 0 Å². The number of hydrogen-bond donors (Lipinski definition) is 3. The van der Waals surface area contributed by atoms with E-state index < -0.39 is 35.7 Å². The fraction of sp³-hybridized carbons (Fsp3) is 0.400. The third-order valence-electron chi connectivity index (χ3n) is 4.99. The molecule has 0 aliphatic carbocycles. The largest absolute Gasteiger partial charge is 0.437 e. The van der Waals surface area contributed by atoms with E-state index in [2.05, 4.69) is 5.32 Å². The molecule has 2 heterocycles. The van der Waals surface area contributed by atoms with Gasteiger partial charge in [0.2, 0.25) is 5.72 Å². The van der Waals surface area contributed by atoms with Gasteiger partial charge < -0.3 is 15.7 Å². The maximum absolute atomic E-state index is 13.8. The topological polar surface area (TPSA) is 78.4 Å². The van der Waals surface area contributed by atoms with Gasteiger partial charge in [0.15, 0.2) is 5.78 Å². The molecule has 9 heteroatoms. The van der Waals surface area contributed by atoms with Crippen LogP contribution in [-0.4, -0.2) is 28.8 Å². The molecular formula is C20H21F3N2O3S. The van der Waals surface area contributed by atoms with Crippen molar-refractivity contribution < 1.29 is 27.9 Å². The second-order valence-corrected chi connectivity index (χ2v) is 8.98. The molecule has 0 saturated carbocycles. The first-order valence-electron chi connectivity index (χ1n) is 8.90. The number of halogens is 3. The zero-order valence-corrected chi connectivity index (χ0v) is 16.8. The lowest BCUT2D eigenvalue weighted by Crippen LogP contribution is -2.72. The van der Waals surface area contributed by atoms with Crippen LogP contribution in [0.2, 0.25) is 0 Å². The first-order chi connectivity index (χ1) is 13.3. The molecule has 1 aromatic heterocycles. The van der Waals surface area contributed by atoms with Crippen LogP contribution in [0.1, 0.15) is 47.6 Å². The Morgan fingerprint density at radius 2 is 1.76 bits per heavy atom. The van der Waals surface area contributed by atoms with Crippen molar-refractivity contribution in [2.24, 2.45) is 5.92 Å². The number of carbonyl (C=O) groups is 2. The summed E-state index contributed by atoms with van der Waals surface area (Å²) >= 11 is 0.971. The summed E-state index contributed by atoms with van der Waals surface area (Å²) in [5.41, 5.74) is -2.65. The molecule has 2 amide bonds. The number of ketones is 1. The molecule has 3 N–H and O–H groups in total.